The number of rotatable bonds is 5. The topological polar surface area (TPSA) is 77.2 Å². The molecule has 0 amide bonds. The molecule has 0 bridgehead atoms. The van der Waals surface area contributed by atoms with Gasteiger partial charge in [0.2, 0.25) is 0 Å². The number of carboxylic acids is 1. The number of carboxylic acid groups (broad SMARTS) is 1. The van der Waals surface area contributed by atoms with E-state index >= 15 is 0 Å². The minimum atomic E-state index is -0.874. The highest BCUT2D eigenvalue weighted by Gasteiger charge is 2.15. The van der Waals surface area contributed by atoms with Gasteiger partial charge in [-0.05, 0) is 19.9 Å². The van der Waals surface area contributed by atoms with E-state index in [0.29, 0.717) is 12.2 Å². The van der Waals surface area contributed by atoms with Crippen LogP contribution in [-0.4, -0.2) is 33.5 Å². The van der Waals surface area contributed by atoms with Crippen molar-refractivity contribution in [3.8, 4) is 6.07 Å². The summed E-state index contributed by atoms with van der Waals surface area (Å²) in [5.41, 5.74) is 1.11. The van der Waals surface area contributed by atoms with Crippen molar-refractivity contribution in [2.24, 2.45) is 0 Å². The molecular weight excluding hydrogens is 218 g/mol. The molecule has 0 aromatic carbocycles. The second-order valence-electron chi connectivity index (χ2n) is 4.02. The van der Waals surface area contributed by atoms with Crippen molar-refractivity contribution in [3.63, 3.8) is 0 Å². The first-order chi connectivity index (χ1) is 8.04. The number of nitrogens with zero attached hydrogens (tertiary/aromatic N) is 3. The number of hydrogen-bond donors (Lipinski definition) is 1. The van der Waals surface area contributed by atoms with Crippen LogP contribution in [0, 0.1) is 11.3 Å². The van der Waals surface area contributed by atoms with Crippen LogP contribution in [0.1, 0.15) is 25.1 Å². The first kappa shape index (κ1) is 13.1. The normalized spacial score (nSPS) is 10.5. The molecule has 0 aliphatic rings. The van der Waals surface area contributed by atoms with Gasteiger partial charge in [-0.2, -0.15) is 5.26 Å². The summed E-state index contributed by atoms with van der Waals surface area (Å²) in [7, 11) is 0. The van der Waals surface area contributed by atoms with Crippen molar-refractivity contribution >= 4 is 5.97 Å². The van der Waals surface area contributed by atoms with Crippen molar-refractivity contribution in [2.45, 2.75) is 26.4 Å². The van der Waals surface area contributed by atoms with Crippen LogP contribution < -0.4 is 0 Å². The smallest absolute Gasteiger partial charge is 0.317 e. The van der Waals surface area contributed by atoms with Crippen LogP contribution in [0.2, 0.25) is 0 Å². The lowest BCUT2D eigenvalue weighted by Gasteiger charge is -2.24. The van der Waals surface area contributed by atoms with Gasteiger partial charge in [0.15, 0.2) is 0 Å². The van der Waals surface area contributed by atoms with Crippen LogP contribution in [0.15, 0.2) is 18.3 Å². The van der Waals surface area contributed by atoms with Gasteiger partial charge in [0, 0.05) is 24.3 Å². The van der Waals surface area contributed by atoms with Crippen molar-refractivity contribution in [2.75, 3.05) is 6.54 Å². The van der Waals surface area contributed by atoms with Gasteiger partial charge in [0.05, 0.1) is 6.54 Å². The Balaban J connectivity index is 2.86. The minimum absolute atomic E-state index is 0.0442. The molecule has 90 valence electrons. The molecule has 1 aromatic heterocycles. The average molecular weight is 233 g/mol. The minimum Gasteiger partial charge on any atom is -0.480 e. The first-order valence-electron chi connectivity index (χ1n) is 5.34. The van der Waals surface area contributed by atoms with Gasteiger partial charge in [-0.3, -0.25) is 9.69 Å². The van der Waals surface area contributed by atoms with Crippen molar-refractivity contribution in [1.29, 1.82) is 5.26 Å². The second-order valence-corrected chi connectivity index (χ2v) is 4.02. The van der Waals surface area contributed by atoms with Crippen molar-refractivity contribution in [3.05, 3.63) is 29.6 Å². The molecule has 0 spiro atoms. The van der Waals surface area contributed by atoms with Gasteiger partial charge >= 0.3 is 5.97 Å². The largest absolute Gasteiger partial charge is 0.480 e. The molecule has 0 saturated carbocycles. The quantitative estimate of drug-likeness (QED) is 0.828. The van der Waals surface area contributed by atoms with Gasteiger partial charge in [-0.25, -0.2) is 4.98 Å². The molecule has 0 aliphatic heterocycles. The Morgan fingerprint density at radius 1 is 1.65 bits per heavy atom. The van der Waals surface area contributed by atoms with E-state index in [4.69, 9.17) is 10.4 Å². The highest BCUT2D eigenvalue weighted by molar-refractivity contribution is 5.69. The predicted octanol–water partition coefficient (Wildman–Crippen LogP) is 1.25. The van der Waals surface area contributed by atoms with E-state index in [1.54, 1.807) is 23.2 Å². The zero-order valence-electron chi connectivity index (χ0n) is 9.92. The Labute approximate surface area is 100 Å². The Bertz CT molecular complexity index is 438. The zero-order chi connectivity index (χ0) is 12.8. The monoisotopic (exact) mass is 233 g/mol. The summed E-state index contributed by atoms with van der Waals surface area (Å²) >= 11 is 0. The van der Waals surface area contributed by atoms with E-state index in [0.717, 1.165) is 5.56 Å². The van der Waals surface area contributed by atoms with E-state index < -0.39 is 5.97 Å². The lowest BCUT2D eigenvalue weighted by Crippen LogP contribution is -2.35. The van der Waals surface area contributed by atoms with Crippen LogP contribution in [0.5, 0.6) is 0 Å². The highest BCUT2D eigenvalue weighted by atomic mass is 16.4. The molecule has 0 atom stereocenters. The second kappa shape index (κ2) is 5.97. The van der Waals surface area contributed by atoms with Gasteiger partial charge in [0.25, 0.3) is 0 Å². The summed E-state index contributed by atoms with van der Waals surface area (Å²) in [5.74, 6) is -0.874. The summed E-state index contributed by atoms with van der Waals surface area (Å²) in [6.07, 6.45) is 1.55. The number of carbonyl (C=O) groups is 1. The van der Waals surface area contributed by atoms with E-state index in [1.807, 2.05) is 19.9 Å². The molecule has 1 aromatic rings. The molecule has 1 rings (SSSR count). The van der Waals surface area contributed by atoms with Crippen molar-refractivity contribution in [1.82, 2.24) is 9.88 Å². The number of aromatic nitrogens is 1. The van der Waals surface area contributed by atoms with E-state index in [9.17, 15) is 4.79 Å². The number of hydrogen-bond acceptors (Lipinski definition) is 4. The maximum absolute atomic E-state index is 10.7. The standard InChI is InChI=1S/C12H15N3O2/c1-9(2)15(8-12(16)17)7-10-4-3-5-14-11(10)6-13/h3-5,9H,7-8H2,1-2H3,(H,16,17). The third-order valence-corrected chi connectivity index (χ3v) is 2.44. The average Bonchev–Trinajstić information content (AvgIpc) is 2.28. The number of pyridine rings is 1. The number of aliphatic carboxylic acids is 1. The molecule has 17 heavy (non-hydrogen) atoms. The van der Waals surface area contributed by atoms with Crippen LogP contribution >= 0.6 is 0 Å². The maximum atomic E-state index is 10.7. The Kier molecular flexibility index (Phi) is 4.61. The fraction of sp³-hybridized carbons (Fsp3) is 0.417. The SMILES string of the molecule is CC(C)N(CC(=O)O)Cc1cccnc1C#N. The molecule has 0 saturated heterocycles. The molecule has 1 N–H and O–H groups in total. The van der Waals surface area contributed by atoms with Crippen LogP contribution in [-0.2, 0) is 11.3 Å². The Morgan fingerprint density at radius 2 is 2.35 bits per heavy atom. The van der Waals surface area contributed by atoms with Gasteiger partial charge in [-0.15, -0.1) is 0 Å². The fourth-order valence-electron chi connectivity index (χ4n) is 1.48. The van der Waals surface area contributed by atoms with Crippen LogP contribution in [0.4, 0.5) is 0 Å². The summed E-state index contributed by atoms with van der Waals surface area (Å²) in [4.78, 5) is 16.5. The fourth-order valence-corrected chi connectivity index (χ4v) is 1.48. The molecule has 0 radical (unpaired) electrons. The maximum Gasteiger partial charge on any atom is 0.317 e. The van der Waals surface area contributed by atoms with Crippen LogP contribution in [0.3, 0.4) is 0 Å². The predicted molar refractivity (Wildman–Crippen MR) is 62.1 cm³/mol. The Hall–Kier alpha value is -1.93. The van der Waals surface area contributed by atoms with Crippen LogP contribution in [0.25, 0.3) is 0 Å². The molecule has 0 aliphatic carbocycles. The molecule has 0 fully saturated rings. The van der Waals surface area contributed by atoms with E-state index in [2.05, 4.69) is 4.98 Å². The lowest BCUT2D eigenvalue weighted by atomic mass is 10.1. The highest BCUT2D eigenvalue weighted by Crippen LogP contribution is 2.10. The Morgan fingerprint density at radius 3 is 2.88 bits per heavy atom. The number of nitriles is 1. The third-order valence-electron chi connectivity index (χ3n) is 2.44. The van der Waals surface area contributed by atoms with Gasteiger partial charge < -0.3 is 5.11 Å². The van der Waals surface area contributed by atoms with E-state index in [1.165, 1.54) is 0 Å². The summed E-state index contributed by atoms with van der Waals surface area (Å²) in [6, 6.07) is 5.64. The molecule has 0 unspecified atom stereocenters. The van der Waals surface area contributed by atoms with Gasteiger partial charge in [-0.1, -0.05) is 6.07 Å². The first-order valence-corrected chi connectivity index (χ1v) is 5.34. The molecule has 1 heterocycles. The summed E-state index contributed by atoms with van der Waals surface area (Å²) in [5, 5.41) is 17.7. The molecule has 5 nitrogen and oxygen atoms in total. The summed E-state index contributed by atoms with van der Waals surface area (Å²) in [6.45, 7) is 4.22. The van der Waals surface area contributed by atoms with E-state index in [-0.39, 0.29) is 12.6 Å². The summed E-state index contributed by atoms with van der Waals surface area (Å²) < 4.78 is 0. The third kappa shape index (κ3) is 3.85. The molecular formula is C12H15N3O2. The lowest BCUT2D eigenvalue weighted by molar-refractivity contribution is -0.138. The van der Waals surface area contributed by atoms with Crippen molar-refractivity contribution < 1.29 is 9.90 Å². The zero-order valence-corrected chi connectivity index (χ0v) is 9.92. The molecule has 5 heteroatoms. The van der Waals surface area contributed by atoms with Gasteiger partial charge in [0.1, 0.15) is 11.8 Å².